The van der Waals surface area contributed by atoms with Crippen LogP contribution in [0.25, 0.3) is 21.9 Å². The molecule has 6 nitrogen and oxygen atoms in total. The summed E-state index contributed by atoms with van der Waals surface area (Å²) in [7, 11) is 0. The number of hydrogen-bond acceptors (Lipinski definition) is 5. The first kappa shape index (κ1) is 17.1. The molecule has 0 fully saturated rings. The van der Waals surface area contributed by atoms with Crippen molar-refractivity contribution in [3.8, 4) is 0 Å². The molecule has 0 unspecified atom stereocenters. The third-order valence-electron chi connectivity index (χ3n) is 4.18. The lowest BCUT2D eigenvalue weighted by Gasteiger charge is -2.08. The van der Waals surface area contributed by atoms with Gasteiger partial charge in [0.15, 0.2) is 0 Å². The second-order valence-electron chi connectivity index (χ2n) is 5.91. The van der Waals surface area contributed by atoms with E-state index in [0.717, 1.165) is 5.56 Å². The summed E-state index contributed by atoms with van der Waals surface area (Å²) in [5.74, 6) is -0.485. The van der Waals surface area contributed by atoms with Crippen molar-refractivity contribution in [2.45, 2.75) is 6.54 Å². The van der Waals surface area contributed by atoms with Gasteiger partial charge in [0.05, 0.1) is 5.39 Å². The fourth-order valence-corrected chi connectivity index (χ4v) is 3.02. The van der Waals surface area contributed by atoms with E-state index < -0.39 is 11.5 Å². The van der Waals surface area contributed by atoms with Gasteiger partial charge in [0.1, 0.15) is 16.7 Å². The summed E-state index contributed by atoms with van der Waals surface area (Å²) in [4.78, 5) is 24.1. The standard InChI is InChI=1S/C20H13ClN2O4/c21-15-4-2-1-3-12(15)10-23-20(25)14-9-13-16(26-19(14)22)7-5-11-6-8-17(24)27-18(11)13/h1-9,22H,10H2,(H,23,25). The van der Waals surface area contributed by atoms with Crippen LogP contribution in [-0.2, 0) is 6.54 Å². The number of halogens is 1. The van der Waals surface area contributed by atoms with Gasteiger partial charge in [0, 0.05) is 23.0 Å². The molecule has 27 heavy (non-hydrogen) atoms. The van der Waals surface area contributed by atoms with Gasteiger partial charge in [-0.1, -0.05) is 29.8 Å². The van der Waals surface area contributed by atoms with Crippen molar-refractivity contribution in [2.24, 2.45) is 0 Å². The minimum atomic E-state index is -0.505. The van der Waals surface area contributed by atoms with Crippen LogP contribution in [0.15, 0.2) is 68.2 Å². The Kier molecular flexibility index (Phi) is 4.25. The Morgan fingerprint density at radius 2 is 1.85 bits per heavy atom. The molecule has 2 N–H and O–H groups in total. The van der Waals surface area contributed by atoms with E-state index in [0.29, 0.717) is 27.0 Å². The molecule has 0 aliphatic rings. The fraction of sp³-hybridized carbons (Fsp3) is 0.0500. The molecule has 1 amide bonds. The number of benzene rings is 2. The highest BCUT2D eigenvalue weighted by molar-refractivity contribution is 6.31. The van der Waals surface area contributed by atoms with Gasteiger partial charge in [-0.05, 0) is 35.9 Å². The van der Waals surface area contributed by atoms with Gasteiger partial charge in [0.25, 0.3) is 5.91 Å². The Hall–Kier alpha value is -3.38. The highest BCUT2D eigenvalue weighted by Gasteiger charge is 2.14. The molecule has 0 bridgehead atoms. The lowest BCUT2D eigenvalue weighted by atomic mass is 10.1. The topological polar surface area (TPSA) is 96.3 Å². The van der Waals surface area contributed by atoms with E-state index in [1.807, 2.05) is 6.07 Å². The highest BCUT2D eigenvalue weighted by atomic mass is 35.5. The van der Waals surface area contributed by atoms with Crippen molar-refractivity contribution in [1.82, 2.24) is 5.32 Å². The first-order valence-corrected chi connectivity index (χ1v) is 8.47. The van der Waals surface area contributed by atoms with Gasteiger partial charge in [-0.2, -0.15) is 0 Å². The highest BCUT2D eigenvalue weighted by Crippen LogP contribution is 2.24. The molecule has 2 aromatic heterocycles. The molecule has 2 aromatic carbocycles. The largest absolute Gasteiger partial charge is 0.438 e. The van der Waals surface area contributed by atoms with Gasteiger partial charge in [-0.3, -0.25) is 10.2 Å². The summed E-state index contributed by atoms with van der Waals surface area (Å²) in [6, 6.07) is 15.0. The molecule has 0 atom stereocenters. The van der Waals surface area contributed by atoms with Gasteiger partial charge >= 0.3 is 5.63 Å². The van der Waals surface area contributed by atoms with E-state index in [9.17, 15) is 9.59 Å². The zero-order valence-electron chi connectivity index (χ0n) is 13.9. The van der Waals surface area contributed by atoms with Gasteiger partial charge in [-0.15, -0.1) is 0 Å². The number of hydrogen-bond donors (Lipinski definition) is 2. The van der Waals surface area contributed by atoms with E-state index >= 15 is 0 Å². The van der Waals surface area contributed by atoms with Crippen molar-refractivity contribution >= 4 is 39.4 Å². The maximum atomic E-state index is 12.6. The molecule has 4 rings (SSSR count). The smallest absolute Gasteiger partial charge is 0.336 e. The summed E-state index contributed by atoms with van der Waals surface area (Å²) in [5.41, 5.74) is 0.668. The molecule has 7 heteroatoms. The lowest BCUT2D eigenvalue weighted by Crippen LogP contribution is -2.28. The zero-order valence-corrected chi connectivity index (χ0v) is 14.7. The number of rotatable bonds is 3. The third-order valence-corrected chi connectivity index (χ3v) is 4.54. The van der Waals surface area contributed by atoms with E-state index in [4.69, 9.17) is 25.8 Å². The molecule has 134 valence electrons. The molecular weight excluding hydrogens is 368 g/mol. The Balaban J connectivity index is 1.75. The minimum absolute atomic E-state index is 0.0357. The molecular formula is C20H13ClN2O4. The van der Waals surface area contributed by atoms with Crippen LogP contribution in [0.2, 0.25) is 5.02 Å². The van der Waals surface area contributed by atoms with Crippen molar-refractivity contribution in [2.75, 3.05) is 0 Å². The first-order chi connectivity index (χ1) is 13.0. The second kappa shape index (κ2) is 6.74. The molecule has 0 spiro atoms. The summed E-state index contributed by atoms with van der Waals surface area (Å²) in [6.45, 7) is 0.209. The predicted molar refractivity (Wildman–Crippen MR) is 101 cm³/mol. The summed E-state index contributed by atoms with van der Waals surface area (Å²) in [5, 5.41) is 12.4. The SMILES string of the molecule is N=c1oc2ccc3ccc(=O)oc3c2cc1C(=O)NCc1ccccc1Cl. The van der Waals surface area contributed by atoms with E-state index in [1.54, 1.807) is 36.4 Å². The van der Waals surface area contributed by atoms with E-state index in [2.05, 4.69) is 5.32 Å². The molecule has 2 heterocycles. The van der Waals surface area contributed by atoms with Crippen molar-refractivity contribution in [3.63, 3.8) is 0 Å². The Bertz CT molecular complexity index is 1310. The number of fused-ring (bicyclic) bond motifs is 3. The van der Waals surface area contributed by atoms with Gasteiger partial charge < -0.3 is 14.2 Å². The number of carbonyl (C=O) groups is 1. The Labute approximate surface area is 157 Å². The normalized spacial score (nSPS) is 11.0. The van der Waals surface area contributed by atoms with E-state index in [-0.39, 0.29) is 17.7 Å². The van der Waals surface area contributed by atoms with Crippen LogP contribution in [0, 0.1) is 5.41 Å². The first-order valence-electron chi connectivity index (χ1n) is 8.10. The van der Waals surface area contributed by atoms with Crippen LogP contribution in [0.4, 0.5) is 0 Å². The summed E-state index contributed by atoms with van der Waals surface area (Å²) in [6.07, 6.45) is 0. The maximum absolute atomic E-state index is 12.6. The zero-order chi connectivity index (χ0) is 19.0. The minimum Gasteiger partial charge on any atom is -0.438 e. The number of nitrogens with one attached hydrogen (secondary N) is 2. The molecule has 0 radical (unpaired) electrons. The summed E-state index contributed by atoms with van der Waals surface area (Å²) < 4.78 is 10.7. The van der Waals surface area contributed by atoms with Crippen LogP contribution in [-0.4, -0.2) is 5.91 Å². The van der Waals surface area contributed by atoms with Crippen molar-refractivity contribution in [1.29, 1.82) is 5.41 Å². The van der Waals surface area contributed by atoms with Crippen LogP contribution in [0.3, 0.4) is 0 Å². The van der Waals surface area contributed by atoms with Crippen LogP contribution in [0.1, 0.15) is 15.9 Å². The molecule has 0 saturated heterocycles. The van der Waals surface area contributed by atoms with Crippen LogP contribution in [0.5, 0.6) is 0 Å². The Morgan fingerprint density at radius 3 is 2.67 bits per heavy atom. The maximum Gasteiger partial charge on any atom is 0.336 e. The van der Waals surface area contributed by atoms with Gasteiger partial charge in [0.2, 0.25) is 5.55 Å². The second-order valence-corrected chi connectivity index (χ2v) is 6.32. The van der Waals surface area contributed by atoms with Crippen molar-refractivity contribution < 1.29 is 13.6 Å². The number of carbonyl (C=O) groups excluding carboxylic acids is 1. The molecule has 0 aliphatic carbocycles. The predicted octanol–water partition coefficient (Wildman–Crippen LogP) is 3.60. The van der Waals surface area contributed by atoms with Crippen LogP contribution < -0.4 is 16.5 Å². The quantitative estimate of drug-likeness (QED) is 0.419. The molecule has 0 saturated carbocycles. The monoisotopic (exact) mass is 380 g/mol. The Morgan fingerprint density at radius 1 is 1.07 bits per heavy atom. The lowest BCUT2D eigenvalue weighted by molar-refractivity contribution is 0.0946. The van der Waals surface area contributed by atoms with Gasteiger partial charge in [-0.25, -0.2) is 4.79 Å². The van der Waals surface area contributed by atoms with E-state index in [1.165, 1.54) is 12.1 Å². The number of amides is 1. The summed E-state index contributed by atoms with van der Waals surface area (Å²) >= 11 is 6.09. The average molecular weight is 381 g/mol. The van der Waals surface area contributed by atoms with Crippen LogP contribution >= 0.6 is 11.6 Å². The molecule has 0 aliphatic heterocycles. The average Bonchev–Trinajstić information content (AvgIpc) is 2.66. The third kappa shape index (κ3) is 3.22. The molecule has 4 aromatic rings. The van der Waals surface area contributed by atoms with Crippen molar-refractivity contribution in [3.05, 3.63) is 86.7 Å². The fourth-order valence-electron chi connectivity index (χ4n) is 2.82.